The summed E-state index contributed by atoms with van der Waals surface area (Å²) < 4.78 is 0. The third-order valence-corrected chi connectivity index (χ3v) is 9.97. The van der Waals surface area contributed by atoms with Gasteiger partial charge in [0, 0.05) is 23.8 Å². The second kappa shape index (κ2) is 11.9. The summed E-state index contributed by atoms with van der Waals surface area (Å²) in [6.07, 6.45) is 14.0. The standard InChI is InChI=1S/C19H23NSi.C16H15N/c1-21(2,3)19-14-15(17-9-4-5-10-18(17)19)11-12-16-8-6-7-13-20-16;1-2-7-16-13(5-1)8-9-14(16)10-11-15-6-3-4-12-17-15/h4-10,13-14,19H,11-12H2,1-3H3;1-7,9,12H,8,10-11H2. The lowest BCUT2D eigenvalue weighted by Gasteiger charge is -2.24. The molecule has 0 bridgehead atoms. The Hall–Kier alpha value is -3.56. The minimum absolute atomic E-state index is 0.660. The van der Waals surface area contributed by atoms with Crippen LogP contribution in [0.5, 0.6) is 0 Å². The monoisotopic (exact) mass is 514 g/mol. The molecule has 0 aliphatic heterocycles. The maximum atomic E-state index is 4.44. The van der Waals surface area contributed by atoms with Gasteiger partial charge in [0.05, 0.1) is 8.07 Å². The molecule has 2 aromatic heterocycles. The van der Waals surface area contributed by atoms with Crippen LogP contribution in [0.15, 0.2) is 109 Å². The first-order valence-corrected chi connectivity index (χ1v) is 17.4. The van der Waals surface area contributed by atoms with Crippen molar-refractivity contribution in [2.24, 2.45) is 0 Å². The van der Waals surface area contributed by atoms with Crippen molar-refractivity contribution >= 4 is 19.2 Å². The molecule has 38 heavy (non-hydrogen) atoms. The van der Waals surface area contributed by atoms with Crippen LogP contribution in [0, 0.1) is 0 Å². The first kappa shape index (κ1) is 26.1. The van der Waals surface area contributed by atoms with Gasteiger partial charge in [-0.15, -0.1) is 0 Å². The van der Waals surface area contributed by atoms with Crippen molar-refractivity contribution < 1.29 is 0 Å². The number of benzene rings is 2. The van der Waals surface area contributed by atoms with E-state index in [2.05, 4.69) is 115 Å². The van der Waals surface area contributed by atoms with Gasteiger partial charge in [-0.05, 0) is 95.3 Å². The van der Waals surface area contributed by atoms with Crippen LogP contribution in [0.4, 0.5) is 0 Å². The molecule has 0 saturated heterocycles. The molecule has 0 amide bonds. The van der Waals surface area contributed by atoms with Crippen molar-refractivity contribution in [1.29, 1.82) is 0 Å². The maximum absolute atomic E-state index is 4.44. The van der Waals surface area contributed by atoms with E-state index in [1.54, 1.807) is 5.56 Å². The molecule has 3 heteroatoms. The number of allylic oxidation sites excluding steroid dienone is 4. The molecule has 0 saturated carbocycles. The lowest BCUT2D eigenvalue weighted by Crippen LogP contribution is -2.28. The van der Waals surface area contributed by atoms with Gasteiger partial charge in [-0.1, -0.05) is 92.5 Å². The van der Waals surface area contributed by atoms with E-state index in [1.165, 1.54) is 39.2 Å². The fourth-order valence-electron chi connectivity index (χ4n) is 5.58. The molecule has 2 nitrogen and oxygen atoms in total. The zero-order valence-electron chi connectivity index (χ0n) is 22.9. The predicted molar refractivity (Wildman–Crippen MR) is 164 cm³/mol. The molecule has 2 aliphatic rings. The second-order valence-corrected chi connectivity index (χ2v) is 16.7. The van der Waals surface area contributed by atoms with Crippen LogP contribution < -0.4 is 0 Å². The van der Waals surface area contributed by atoms with E-state index in [1.807, 2.05) is 24.5 Å². The van der Waals surface area contributed by atoms with Crippen LogP contribution >= 0.6 is 0 Å². The molecular formula is C35H38N2Si. The Labute approximate surface area is 229 Å². The van der Waals surface area contributed by atoms with Gasteiger partial charge in [0.2, 0.25) is 0 Å². The van der Waals surface area contributed by atoms with Gasteiger partial charge in [0.15, 0.2) is 0 Å². The number of pyridine rings is 2. The summed E-state index contributed by atoms with van der Waals surface area (Å²) in [5, 5.41) is 0. The first-order valence-electron chi connectivity index (χ1n) is 13.9. The second-order valence-electron chi connectivity index (χ2n) is 11.4. The summed E-state index contributed by atoms with van der Waals surface area (Å²) in [5.41, 5.74) is 11.9. The molecule has 0 spiro atoms. The predicted octanol–water partition coefficient (Wildman–Crippen LogP) is 8.73. The van der Waals surface area contributed by atoms with E-state index in [0.29, 0.717) is 5.54 Å². The summed E-state index contributed by atoms with van der Waals surface area (Å²) in [7, 11) is -1.22. The van der Waals surface area contributed by atoms with E-state index < -0.39 is 8.07 Å². The molecule has 0 fully saturated rings. The average molecular weight is 515 g/mol. The summed E-state index contributed by atoms with van der Waals surface area (Å²) in [4.78, 5) is 8.81. The molecular weight excluding hydrogens is 476 g/mol. The van der Waals surface area contributed by atoms with Crippen LogP contribution in [0.25, 0.3) is 11.1 Å². The van der Waals surface area contributed by atoms with Crippen LogP contribution in [-0.2, 0) is 19.3 Å². The molecule has 1 unspecified atom stereocenters. The van der Waals surface area contributed by atoms with Gasteiger partial charge >= 0.3 is 0 Å². The summed E-state index contributed by atoms with van der Waals surface area (Å²) >= 11 is 0. The van der Waals surface area contributed by atoms with Gasteiger partial charge in [-0.2, -0.15) is 0 Å². The zero-order valence-corrected chi connectivity index (χ0v) is 23.9. The van der Waals surface area contributed by atoms with Gasteiger partial charge in [0.25, 0.3) is 0 Å². The van der Waals surface area contributed by atoms with E-state index in [4.69, 9.17) is 0 Å². The molecule has 0 radical (unpaired) electrons. The van der Waals surface area contributed by atoms with Gasteiger partial charge in [-0.25, -0.2) is 0 Å². The van der Waals surface area contributed by atoms with Crippen molar-refractivity contribution in [1.82, 2.24) is 9.97 Å². The van der Waals surface area contributed by atoms with Gasteiger partial charge < -0.3 is 0 Å². The highest BCUT2D eigenvalue weighted by molar-refractivity contribution is 6.78. The lowest BCUT2D eigenvalue weighted by atomic mass is 10.0. The highest BCUT2D eigenvalue weighted by Crippen LogP contribution is 2.42. The fourth-order valence-corrected chi connectivity index (χ4v) is 7.47. The summed E-state index contributed by atoms with van der Waals surface area (Å²) in [5.74, 6) is 0. The SMILES string of the molecule is C1=C(CCc2ccccn2)c2ccccc2C1.C[Si](C)(C)C1C=C(CCc2ccccn2)c2ccccc21. The summed E-state index contributed by atoms with van der Waals surface area (Å²) in [6, 6.07) is 30.0. The first-order chi connectivity index (χ1) is 18.5. The molecule has 192 valence electrons. The normalized spacial score (nSPS) is 15.6. The largest absolute Gasteiger partial charge is 0.261 e. The molecule has 4 aromatic rings. The van der Waals surface area contributed by atoms with Crippen LogP contribution in [0.2, 0.25) is 19.6 Å². The Morgan fingerprint density at radius 3 is 1.84 bits per heavy atom. The quantitative estimate of drug-likeness (QED) is 0.230. The van der Waals surface area contributed by atoms with E-state index in [-0.39, 0.29) is 0 Å². The molecule has 2 aromatic carbocycles. The van der Waals surface area contributed by atoms with Crippen molar-refractivity contribution in [2.75, 3.05) is 0 Å². The van der Waals surface area contributed by atoms with Crippen molar-refractivity contribution in [3.05, 3.63) is 143 Å². The Morgan fingerprint density at radius 1 is 0.632 bits per heavy atom. The number of hydrogen-bond acceptors (Lipinski definition) is 2. The highest BCUT2D eigenvalue weighted by atomic mass is 28.3. The summed E-state index contributed by atoms with van der Waals surface area (Å²) in [6.45, 7) is 7.39. The van der Waals surface area contributed by atoms with Crippen molar-refractivity contribution in [2.45, 2.75) is 57.3 Å². The molecule has 0 N–H and O–H groups in total. The third kappa shape index (κ3) is 6.28. The number of aromatic nitrogens is 2. The highest BCUT2D eigenvalue weighted by Gasteiger charge is 2.32. The van der Waals surface area contributed by atoms with Crippen LogP contribution in [-0.4, -0.2) is 18.0 Å². The number of fused-ring (bicyclic) bond motifs is 2. The smallest absolute Gasteiger partial charge is 0.0566 e. The van der Waals surface area contributed by atoms with Gasteiger partial charge in [0.1, 0.15) is 0 Å². The Kier molecular flexibility index (Phi) is 8.14. The molecule has 2 aliphatic carbocycles. The number of hydrogen-bond donors (Lipinski definition) is 0. The van der Waals surface area contributed by atoms with Crippen LogP contribution in [0.3, 0.4) is 0 Å². The lowest BCUT2D eigenvalue weighted by molar-refractivity contribution is 0.956. The average Bonchev–Trinajstić information content (AvgIpc) is 3.54. The van der Waals surface area contributed by atoms with E-state index >= 15 is 0 Å². The zero-order chi connectivity index (χ0) is 26.4. The van der Waals surface area contributed by atoms with Crippen LogP contribution in [0.1, 0.15) is 52.0 Å². The number of aryl methyl sites for hydroxylation is 2. The Morgan fingerprint density at radius 2 is 1.21 bits per heavy atom. The minimum Gasteiger partial charge on any atom is -0.261 e. The van der Waals surface area contributed by atoms with E-state index in [0.717, 1.165) is 32.1 Å². The molecule has 1 atom stereocenters. The van der Waals surface area contributed by atoms with E-state index in [9.17, 15) is 0 Å². The maximum Gasteiger partial charge on any atom is 0.0566 e. The fraction of sp³-hybridized carbons (Fsp3) is 0.257. The Balaban J connectivity index is 0.000000158. The Bertz CT molecular complexity index is 1420. The molecule has 2 heterocycles. The minimum atomic E-state index is -1.22. The van der Waals surface area contributed by atoms with Gasteiger partial charge in [-0.3, -0.25) is 9.97 Å². The number of rotatable bonds is 7. The third-order valence-electron chi connectivity index (χ3n) is 7.63. The van der Waals surface area contributed by atoms with Crippen molar-refractivity contribution in [3.63, 3.8) is 0 Å². The van der Waals surface area contributed by atoms with Crippen molar-refractivity contribution in [3.8, 4) is 0 Å². The molecule has 6 rings (SSSR count). The number of nitrogens with zero attached hydrogens (tertiary/aromatic N) is 2. The topological polar surface area (TPSA) is 25.8 Å².